The molecular weight excluding hydrogens is 336 g/mol. The van der Waals surface area contributed by atoms with Gasteiger partial charge in [0.1, 0.15) is 0 Å². The largest absolute Gasteiger partial charge is 0.481 e. The van der Waals surface area contributed by atoms with Gasteiger partial charge in [0, 0.05) is 13.2 Å². The molecule has 6 nitrogen and oxygen atoms in total. The van der Waals surface area contributed by atoms with Gasteiger partial charge in [-0.3, -0.25) is 9.59 Å². The van der Waals surface area contributed by atoms with Crippen molar-refractivity contribution in [2.45, 2.75) is 103 Å². The van der Waals surface area contributed by atoms with Gasteiger partial charge in [-0.15, -0.1) is 0 Å². The molecule has 0 saturated heterocycles. The van der Waals surface area contributed by atoms with E-state index in [4.69, 9.17) is 20.4 Å². The van der Waals surface area contributed by atoms with Crippen molar-refractivity contribution in [3.63, 3.8) is 0 Å². The summed E-state index contributed by atoms with van der Waals surface area (Å²) in [5.74, 6) is -2.15. The molecule has 0 radical (unpaired) electrons. The Bertz CT molecular complexity index is 277. The number of aliphatic hydroxyl groups is 2. The SMILES string of the molecule is O=C(O)CCC(=O)O.OCCCCCCCCCCCCCCCCO. The summed E-state index contributed by atoms with van der Waals surface area (Å²) in [7, 11) is 0. The minimum Gasteiger partial charge on any atom is -0.481 e. The molecule has 0 aromatic heterocycles. The first-order valence-corrected chi connectivity index (χ1v) is 10.2. The summed E-state index contributed by atoms with van der Waals surface area (Å²) >= 11 is 0. The van der Waals surface area contributed by atoms with E-state index < -0.39 is 11.9 Å². The van der Waals surface area contributed by atoms with E-state index in [1.54, 1.807) is 0 Å². The molecule has 0 rings (SSSR count). The highest BCUT2D eigenvalue weighted by molar-refractivity contribution is 5.75. The van der Waals surface area contributed by atoms with Crippen LogP contribution >= 0.6 is 0 Å². The van der Waals surface area contributed by atoms with Gasteiger partial charge >= 0.3 is 11.9 Å². The van der Waals surface area contributed by atoms with E-state index in [-0.39, 0.29) is 12.8 Å². The van der Waals surface area contributed by atoms with Crippen LogP contribution in [0, 0.1) is 0 Å². The monoisotopic (exact) mass is 376 g/mol. The van der Waals surface area contributed by atoms with E-state index in [1.165, 1.54) is 77.0 Å². The molecule has 0 bridgehead atoms. The predicted molar refractivity (Wildman–Crippen MR) is 103 cm³/mol. The van der Waals surface area contributed by atoms with Gasteiger partial charge in [0.2, 0.25) is 0 Å². The third-order valence-corrected chi connectivity index (χ3v) is 4.12. The van der Waals surface area contributed by atoms with Crippen LogP contribution in [0.3, 0.4) is 0 Å². The smallest absolute Gasteiger partial charge is 0.303 e. The first kappa shape index (κ1) is 27.1. The molecule has 0 atom stereocenters. The van der Waals surface area contributed by atoms with E-state index in [2.05, 4.69) is 0 Å². The standard InChI is InChI=1S/C16H34O2.C4H6O4/c17-15-13-11-9-7-5-3-1-2-4-6-8-10-12-14-16-18;5-3(6)1-2-4(7)8/h17-18H,1-16H2;1-2H2,(H,5,6)(H,7,8). The van der Waals surface area contributed by atoms with Crippen molar-refractivity contribution in [1.82, 2.24) is 0 Å². The molecule has 0 aromatic rings. The van der Waals surface area contributed by atoms with Gasteiger partial charge < -0.3 is 20.4 Å². The fourth-order valence-corrected chi connectivity index (χ4v) is 2.56. The summed E-state index contributed by atoms with van der Waals surface area (Å²) in [6.07, 6.45) is 17.4. The molecule has 156 valence electrons. The lowest BCUT2D eigenvalue weighted by atomic mass is 10.0. The Labute approximate surface area is 158 Å². The summed E-state index contributed by atoms with van der Waals surface area (Å²) in [6, 6.07) is 0. The first-order chi connectivity index (χ1) is 12.5. The van der Waals surface area contributed by atoms with Gasteiger partial charge in [0.15, 0.2) is 0 Å². The fraction of sp³-hybridized carbons (Fsp3) is 0.900. The second-order valence-corrected chi connectivity index (χ2v) is 6.68. The Balaban J connectivity index is 0. The molecule has 0 saturated carbocycles. The number of unbranched alkanes of at least 4 members (excludes halogenated alkanes) is 13. The van der Waals surface area contributed by atoms with E-state index >= 15 is 0 Å². The third-order valence-electron chi connectivity index (χ3n) is 4.12. The maximum atomic E-state index is 9.64. The Kier molecular flexibility index (Phi) is 24.9. The topological polar surface area (TPSA) is 115 Å². The summed E-state index contributed by atoms with van der Waals surface area (Å²) in [4.78, 5) is 19.3. The Morgan fingerprint density at radius 1 is 0.423 bits per heavy atom. The van der Waals surface area contributed by atoms with Gasteiger partial charge in [-0.05, 0) is 12.8 Å². The minimum atomic E-state index is -1.08. The Hall–Kier alpha value is -1.14. The zero-order chi connectivity index (χ0) is 19.9. The predicted octanol–water partition coefficient (Wildman–Crippen LogP) is 4.37. The molecule has 0 fully saturated rings. The normalized spacial score (nSPS) is 10.2. The maximum absolute atomic E-state index is 9.64. The highest BCUT2D eigenvalue weighted by Crippen LogP contribution is 2.12. The van der Waals surface area contributed by atoms with Crippen molar-refractivity contribution in [2.24, 2.45) is 0 Å². The van der Waals surface area contributed by atoms with Crippen molar-refractivity contribution < 1.29 is 30.0 Å². The number of carbonyl (C=O) groups is 2. The van der Waals surface area contributed by atoms with Crippen molar-refractivity contribution in [1.29, 1.82) is 0 Å². The third kappa shape index (κ3) is 30.7. The molecule has 0 aliphatic heterocycles. The molecule has 0 aliphatic carbocycles. The van der Waals surface area contributed by atoms with Crippen LogP contribution in [0.2, 0.25) is 0 Å². The van der Waals surface area contributed by atoms with Crippen molar-refractivity contribution in [3.8, 4) is 0 Å². The molecule has 0 amide bonds. The summed E-state index contributed by atoms with van der Waals surface area (Å²) in [5, 5.41) is 33.1. The zero-order valence-corrected chi connectivity index (χ0v) is 16.3. The lowest BCUT2D eigenvalue weighted by Crippen LogP contribution is -2.00. The van der Waals surface area contributed by atoms with Crippen LogP contribution in [0.15, 0.2) is 0 Å². The zero-order valence-electron chi connectivity index (χ0n) is 16.3. The van der Waals surface area contributed by atoms with Crippen LogP contribution in [-0.4, -0.2) is 45.6 Å². The molecule has 26 heavy (non-hydrogen) atoms. The molecular formula is C20H40O6. The molecule has 4 N–H and O–H groups in total. The number of rotatable bonds is 18. The van der Waals surface area contributed by atoms with Crippen LogP contribution in [-0.2, 0) is 9.59 Å². The van der Waals surface area contributed by atoms with E-state index in [0.717, 1.165) is 12.8 Å². The van der Waals surface area contributed by atoms with E-state index in [1.807, 2.05) is 0 Å². The van der Waals surface area contributed by atoms with Crippen LogP contribution < -0.4 is 0 Å². The first-order valence-electron chi connectivity index (χ1n) is 10.2. The van der Waals surface area contributed by atoms with Crippen molar-refractivity contribution in [3.05, 3.63) is 0 Å². The Morgan fingerprint density at radius 2 is 0.615 bits per heavy atom. The van der Waals surface area contributed by atoms with Gasteiger partial charge in [0.25, 0.3) is 0 Å². The van der Waals surface area contributed by atoms with Gasteiger partial charge in [0.05, 0.1) is 12.8 Å². The highest BCUT2D eigenvalue weighted by Gasteiger charge is 2.00. The van der Waals surface area contributed by atoms with Gasteiger partial charge in [-0.1, -0.05) is 77.0 Å². The molecule has 6 heteroatoms. The number of hydrogen-bond acceptors (Lipinski definition) is 4. The summed E-state index contributed by atoms with van der Waals surface area (Å²) in [6.45, 7) is 0.719. The van der Waals surface area contributed by atoms with Gasteiger partial charge in [-0.2, -0.15) is 0 Å². The number of aliphatic hydroxyl groups excluding tert-OH is 2. The summed E-state index contributed by atoms with van der Waals surface area (Å²) < 4.78 is 0. The number of carboxylic acid groups (broad SMARTS) is 2. The van der Waals surface area contributed by atoms with Crippen LogP contribution in [0.5, 0.6) is 0 Å². The highest BCUT2D eigenvalue weighted by atomic mass is 16.4. The average molecular weight is 377 g/mol. The lowest BCUT2D eigenvalue weighted by Gasteiger charge is -2.02. The molecule has 0 spiro atoms. The van der Waals surface area contributed by atoms with Gasteiger partial charge in [-0.25, -0.2) is 0 Å². The maximum Gasteiger partial charge on any atom is 0.303 e. The average Bonchev–Trinajstić information content (AvgIpc) is 2.61. The molecule has 0 aliphatic rings. The number of carboxylic acids is 2. The minimum absolute atomic E-state index is 0.296. The van der Waals surface area contributed by atoms with Crippen LogP contribution in [0.25, 0.3) is 0 Å². The molecule has 0 heterocycles. The lowest BCUT2D eigenvalue weighted by molar-refractivity contribution is -0.143. The second kappa shape index (κ2) is 23.9. The number of aliphatic carboxylic acids is 2. The van der Waals surface area contributed by atoms with Crippen molar-refractivity contribution in [2.75, 3.05) is 13.2 Å². The van der Waals surface area contributed by atoms with Crippen molar-refractivity contribution >= 4 is 11.9 Å². The van der Waals surface area contributed by atoms with E-state index in [9.17, 15) is 9.59 Å². The fourth-order valence-electron chi connectivity index (χ4n) is 2.56. The number of hydrogen-bond donors (Lipinski definition) is 4. The quantitative estimate of drug-likeness (QED) is 0.264. The molecule has 0 unspecified atom stereocenters. The summed E-state index contributed by atoms with van der Waals surface area (Å²) in [5.41, 5.74) is 0. The molecule has 0 aromatic carbocycles. The van der Waals surface area contributed by atoms with Crippen LogP contribution in [0.4, 0.5) is 0 Å². The van der Waals surface area contributed by atoms with Crippen LogP contribution in [0.1, 0.15) is 103 Å². The van der Waals surface area contributed by atoms with E-state index in [0.29, 0.717) is 13.2 Å². The Morgan fingerprint density at radius 3 is 0.769 bits per heavy atom. The second-order valence-electron chi connectivity index (χ2n) is 6.68.